The Hall–Kier alpha value is -1.38. The molecule has 1 unspecified atom stereocenters. The average molecular weight is 322 g/mol. The van der Waals surface area contributed by atoms with Crippen LogP contribution in [-0.2, 0) is 14.8 Å². The van der Waals surface area contributed by atoms with Crippen LogP contribution < -0.4 is 4.72 Å². The zero-order valence-corrected chi connectivity index (χ0v) is 12.3. The molecule has 6 nitrogen and oxygen atoms in total. The van der Waals surface area contributed by atoms with Crippen molar-refractivity contribution in [3.63, 3.8) is 0 Å². The summed E-state index contributed by atoms with van der Waals surface area (Å²) in [6.07, 6.45) is -0.503. The lowest BCUT2D eigenvalue weighted by Crippen LogP contribution is -2.25. The molecule has 9 heteroatoms. The maximum Gasteiger partial charge on any atom is 0.235 e. The third-order valence-corrected chi connectivity index (χ3v) is 4.45. The zero-order chi connectivity index (χ0) is 14.9. The van der Waals surface area contributed by atoms with Crippen LogP contribution >= 0.6 is 11.6 Å². The molecule has 2 N–H and O–H groups in total. The van der Waals surface area contributed by atoms with Gasteiger partial charge in [0.05, 0.1) is 23.1 Å². The van der Waals surface area contributed by atoms with Gasteiger partial charge >= 0.3 is 0 Å². The van der Waals surface area contributed by atoms with Gasteiger partial charge in [-0.1, -0.05) is 11.6 Å². The second-order valence-corrected chi connectivity index (χ2v) is 6.46. The molecule has 0 radical (unpaired) electrons. The molecule has 2 rings (SSSR count). The lowest BCUT2D eigenvalue weighted by Gasteiger charge is -2.12. The van der Waals surface area contributed by atoms with Crippen molar-refractivity contribution < 1.29 is 17.5 Å². The van der Waals surface area contributed by atoms with Crippen molar-refractivity contribution in [3.8, 4) is 0 Å². The molecular formula is C11H13ClFN3O3S. The Bertz CT molecular complexity index is 732. The largest absolute Gasteiger partial charge is 0.381 e. The Morgan fingerprint density at radius 3 is 2.90 bits per heavy atom. The highest BCUT2D eigenvalue weighted by Crippen LogP contribution is 2.27. The molecule has 1 aromatic carbocycles. The number of benzene rings is 1. The van der Waals surface area contributed by atoms with Gasteiger partial charge in [-0.3, -0.25) is 9.82 Å². The minimum Gasteiger partial charge on any atom is -0.381 e. The van der Waals surface area contributed by atoms with E-state index in [1.807, 2.05) is 0 Å². The summed E-state index contributed by atoms with van der Waals surface area (Å²) in [4.78, 5) is 0. The summed E-state index contributed by atoms with van der Waals surface area (Å²) in [5.41, 5.74) is 0.143. The number of halogens is 2. The van der Waals surface area contributed by atoms with Crippen LogP contribution in [0.3, 0.4) is 0 Å². The van der Waals surface area contributed by atoms with Gasteiger partial charge in [0.25, 0.3) is 0 Å². The van der Waals surface area contributed by atoms with E-state index in [2.05, 4.69) is 14.9 Å². The first kappa shape index (κ1) is 15.0. The molecule has 0 saturated heterocycles. The van der Waals surface area contributed by atoms with Gasteiger partial charge in [-0.05, 0) is 13.0 Å². The number of fused-ring (bicyclic) bond motifs is 1. The fourth-order valence-corrected chi connectivity index (χ4v) is 3.19. The lowest BCUT2D eigenvalue weighted by atomic mass is 10.2. The summed E-state index contributed by atoms with van der Waals surface area (Å²) in [5, 5.41) is 6.92. The summed E-state index contributed by atoms with van der Waals surface area (Å²) in [7, 11) is -2.32. The van der Waals surface area contributed by atoms with Gasteiger partial charge in [0.1, 0.15) is 11.0 Å². The Balaban J connectivity index is 2.33. The van der Waals surface area contributed by atoms with Crippen molar-refractivity contribution in [2.24, 2.45) is 0 Å². The molecule has 0 amide bonds. The van der Waals surface area contributed by atoms with Crippen LogP contribution in [0, 0.1) is 5.82 Å². The van der Waals surface area contributed by atoms with E-state index in [4.69, 9.17) is 16.3 Å². The van der Waals surface area contributed by atoms with Crippen molar-refractivity contribution >= 4 is 38.2 Å². The van der Waals surface area contributed by atoms with E-state index >= 15 is 0 Å². The van der Waals surface area contributed by atoms with E-state index in [1.165, 1.54) is 13.2 Å². The number of methoxy groups -OCH3 is 1. The fourth-order valence-electron chi connectivity index (χ4n) is 1.67. The predicted molar refractivity (Wildman–Crippen MR) is 74.9 cm³/mol. The smallest absolute Gasteiger partial charge is 0.235 e. The van der Waals surface area contributed by atoms with Crippen molar-refractivity contribution in [1.29, 1.82) is 0 Å². The summed E-state index contributed by atoms with van der Waals surface area (Å²) >= 11 is 5.84. The summed E-state index contributed by atoms with van der Waals surface area (Å²) in [5.74, 6) is -1.01. The van der Waals surface area contributed by atoms with Crippen LogP contribution in [0.5, 0.6) is 0 Å². The predicted octanol–water partition coefficient (Wildman–Crippen LogP) is 2.13. The van der Waals surface area contributed by atoms with Crippen LogP contribution in [-0.4, -0.2) is 37.6 Å². The molecule has 1 aromatic heterocycles. The third-order valence-electron chi connectivity index (χ3n) is 2.72. The van der Waals surface area contributed by atoms with E-state index in [-0.39, 0.29) is 16.6 Å². The highest BCUT2D eigenvalue weighted by Gasteiger charge is 2.18. The molecule has 1 atom stereocenters. The van der Waals surface area contributed by atoms with Gasteiger partial charge in [-0.15, -0.1) is 0 Å². The van der Waals surface area contributed by atoms with Crippen LogP contribution in [0.4, 0.5) is 10.1 Å². The number of ether oxygens (including phenoxy) is 1. The number of aromatic amines is 1. The number of H-pyrrole nitrogens is 1. The Morgan fingerprint density at radius 1 is 1.55 bits per heavy atom. The summed E-state index contributed by atoms with van der Waals surface area (Å²) in [6.45, 7) is 1.60. The molecule has 0 fully saturated rings. The van der Waals surface area contributed by atoms with E-state index < -0.39 is 21.9 Å². The highest BCUT2D eigenvalue weighted by molar-refractivity contribution is 7.92. The third kappa shape index (κ3) is 3.20. The second kappa shape index (κ2) is 5.55. The molecule has 0 saturated carbocycles. The van der Waals surface area contributed by atoms with Gasteiger partial charge in [-0.25, -0.2) is 12.8 Å². The van der Waals surface area contributed by atoms with Crippen molar-refractivity contribution in [3.05, 3.63) is 23.1 Å². The SMILES string of the molecule is COC(C)CS(=O)(=O)Nc1cc2c(Cl)[nH]nc2cc1F. The molecule has 0 bridgehead atoms. The topological polar surface area (TPSA) is 84.1 Å². The molecule has 0 aliphatic carbocycles. The normalized spacial score (nSPS) is 13.6. The van der Waals surface area contributed by atoms with Crippen molar-refractivity contribution in [1.82, 2.24) is 10.2 Å². The Labute approximate surface area is 120 Å². The average Bonchev–Trinajstić information content (AvgIpc) is 2.70. The zero-order valence-electron chi connectivity index (χ0n) is 10.8. The number of anilines is 1. The van der Waals surface area contributed by atoms with E-state index in [1.54, 1.807) is 6.92 Å². The molecule has 1 heterocycles. The van der Waals surface area contributed by atoms with Crippen LogP contribution in [0.1, 0.15) is 6.92 Å². The fraction of sp³-hybridized carbons (Fsp3) is 0.364. The van der Waals surface area contributed by atoms with Gasteiger partial charge in [0.15, 0.2) is 0 Å². The van der Waals surface area contributed by atoms with Crippen LogP contribution in [0.15, 0.2) is 12.1 Å². The van der Waals surface area contributed by atoms with Gasteiger partial charge in [0.2, 0.25) is 10.0 Å². The van der Waals surface area contributed by atoms with E-state index in [0.29, 0.717) is 10.9 Å². The first-order chi connectivity index (χ1) is 9.32. The summed E-state index contributed by atoms with van der Waals surface area (Å²) < 4.78 is 44.6. The number of hydrogen-bond acceptors (Lipinski definition) is 4. The number of nitrogens with one attached hydrogen (secondary N) is 2. The molecular weight excluding hydrogens is 309 g/mol. The van der Waals surface area contributed by atoms with Crippen LogP contribution in [0.25, 0.3) is 10.9 Å². The number of hydrogen-bond donors (Lipinski definition) is 2. The van der Waals surface area contributed by atoms with Gasteiger partial charge in [-0.2, -0.15) is 5.10 Å². The van der Waals surface area contributed by atoms with Gasteiger partial charge < -0.3 is 4.74 Å². The van der Waals surface area contributed by atoms with Gasteiger partial charge in [0, 0.05) is 18.6 Å². The standard InChI is InChI=1S/C11H13ClFN3O3S/c1-6(19-2)5-20(17,18)16-10-3-7-9(4-8(10)13)14-15-11(7)12/h3-4,6,16H,5H2,1-2H3,(H,14,15). The van der Waals surface area contributed by atoms with E-state index in [9.17, 15) is 12.8 Å². The molecule has 0 spiro atoms. The second-order valence-electron chi connectivity index (χ2n) is 4.32. The number of sulfonamides is 1. The quantitative estimate of drug-likeness (QED) is 0.883. The highest BCUT2D eigenvalue weighted by atomic mass is 35.5. The molecule has 20 heavy (non-hydrogen) atoms. The number of nitrogens with zero attached hydrogens (tertiary/aromatic N) is 1. The first-order valence-corrected chi connectivity index (χ1v) is 7.72. The Kier molecular flexibility index (Phi) is 4.17. The maximum atomic E-state index is 13.8. The molecule has 0 aliphatic heterocycles. The lowest BCUT2D eigenvalue weighted by molar-refractivity contribution is 0.136. The maximum absolute atomic E-state index is 13.8. The minimum atomic E-state index is -3.72. The van der Waals surface area contributed by atoms with Crippen molar-refractivity contribution in [2.75, 3.05) is 17.6 Å². The van der Waals surface area contributed by atoms with Crippen LogP contribution in [0.2, 0.25) is 5.15 Å². The van der Waals surface area contributed by atoms with Crippen molar-refractivity contribution in [2.45, 2.75) is 13.0 Å². The monoisotopic (exact) mass is 321 g/mol. The number of aromatic nitrogens is 2. The molecule has 0 aliphatic rings. The Morgan fingerprint density at radius 2 is 2.25 bits per heavy atom. The molecule has 110 valence electrons. The number of rotatable bonds is 5. The summed E-state index contributed by atoms with van der Waals surface area (Å²) in [6, 6.07) is 2.40. The molecule has 2 aromatic rings. The minimum absolute atomic E-state index is 0.177. The van der Waals surface area contributed by atoms with E-state index in [0.717, 1.165) is 6.07 Å². The first-order valence-electron chi connectivity index (χ1n) is 5.69.